The molecule has 1 N–H and O–H groups in total. The first-order valence-corrected chi connectivity index (χ1v) is 5.36. The molecular formula is C9H13NO3S. The van der Waals surface area contributed by atoms with E-state index in [1.54, 1.807) is 0 Å². The smallest absolute Gasteiger partial charge is 0.309 e. The molecule has 0 unspecified atom stereocenters. The third kappa shape index (κ3) is 1.30. The largest absolute Gasteiger partial charge is 0.481 e. The molecular weight excluding hydrogens is 202 g/mol. The van der Waals surface area contributed by atoms with Crippen LogP contribution in [0.25, 0.3) is 0 Å². The molecule has 2 saturated heterocycles. The van der Waals surface area contributed by atoms with Crippen LogP contribution in [0, 0.1) is 5.92 Å². The Kier molecular flexibility index (Phi) is 1.77. The second kappa shape index (κ2) is 2.89. The summed E-state index contributed by atoms with van der Waals surface area (Å²) < 4.78 is 7.12. The van der Waals surface area contributed by atoms with Crippen molar-refractivity contribution in [1.82, 2.24) is 4.90 Å². The highest BCUT2D eigenvalue weighted by Gasteiger charge is 2.51. The van der Waals surface area contributed by atoms with Crippen LogP contribution in [-0.2, 0) is 9.59 Å². The summed E-state index contributed by atoms with van der Waals surface area (Å²) in [5.41, 5.74) is 0. The zero-order valence-corrected chi connectivity index (χ0v) is 8.87. The van der Waals surface area contributed by atoms with E-state index < -0.39 is 23.0 Å². The van der Waals surface area contributed by atoms with Crippen molar-refractivity contribution in [3.05, 3.63) is 0 Å². The SMILES string of the molecule is [2H][C@@H]1C(=O)N2C[C@@H](C(=O)O)C(C)(C)S[C@H]12. The molecule has 2 aliphatic rings. The monoisotopic (exact) mass is 216 g/mol. The number of carbonyl (C=O) groups excluding carboxylic acids is 1. The summed E-state index contributed by atoms with van der Waals surface area (Å²) in [7, 11) is 0. The maximum atomic E-state index is 11.3. The van der Waals surface area contributed by atoms with Gasteiger partial charge in [0.05, 0.1) is 17.7 Å². The van der Waals surface area contributed by atoms with E-state index >= 15 is 0 Å². The molecule has 0 aliphatic carbocycles. The minimum atomic E-state index is -0.868. The van der Waals surface area contributed by atoms with Crippen LogP contribution in [0.1, 0.15) is 21.6 Å². The van der Waals surface area contributed by atoms with Gasteiger partial charge >= 0.3 is 5.97 Å². The van der Waals surface area contributed by atoms with Gasteiger partial charge in [-0.3, -0.25) is 9.59 Å². The van der Waals surface area contributed by atoms with Crippen molar-refractivity contribution in [1.29, 1.82) is 0 Å². The number of aliphatic carboxylic acids is 1. The molecule has 3 atom stereocenters. The predicted molar refractivity (Wildman–Crippen MR) is 52.9 cm³/mol. The van der Waals surface area contributed by atoms with Gasteiger partial charge in [0.2, 0.25) is 5.91 Å². The fourth-order valence-corrected chi connectivity index (χ4v) is 3.29. The number of carboxylic acid groups (broad SMARTS) is 1. The maximum Gasteiger partial charge on any atom is 0.309 e. The van der Waals surface area contributed by atoms with E-state index in [0.717, 1.165) is 0 Å². The highest BCUT2D eigenvalue weighted by molar-refractivity contribution is 8.01. The molecule has 4 nitrogen and oxygen atoms in total. The lowest BCUT2D eigenvalue weighted by Gasteiger charge is -2.51. The van der Waals surface area contributed by atoms with Crippen molar-refractivity contribution < 1.29 is 16.1 Å². The molecule has 0 aromatic heterocycles. The Morgan fingerprint density at radius 2 is 2.43 bits per heavy atom. The normalized spacial score (nSPS) is 41.0. The van der Waals surface area contributed by atoms with Gasteiger partial charge in [0.1, 0.15) is 0 Å². The zero-order valence-electron chi connectivity index (χ0n) is 9.06. The van der Waals surface area contributed by atoms with Gasteiger partial charge in [0.15, 0.2) is 0 Å². The number of amides is 1. The first-order chi connectivity index (χ1) is 6.84. The molecule has 0 saturated carbocycles. The van der Waals surface area contributed by atoms with E-state index in [1.165, 1.54) is 16.7 Å². The van der Waals surface area contributed by atoms with Gasteiger partial charge in [0, 0.05) is 12.7 Å². The molecule has 1 amide bonds. The van der Waals surface area contributed by atoms with Gasteiger partial charge in [-0.2, -0.15) is 0 Å². The molecule has 0 spiro atoms. The summed E-state index contributed by atoms with van der Waals surface area (Å²) >= 11 is 1.42. The van der Waals surface area contributed by atoms with Gasteiger partial charge < -0.3 is 10.0 Å². The Bertz CT molecular complexity index is 333. The third-order valence-corrected chi connectivity index (χ3v) is 4.34. The van der Waals surface area contributed by atoms with Gasteiger partial charge in [-0.15, -0.1) is 11.8 Å². The van der Waals surface area contributed by atoms with Gasteiger partial charge in [0.25, 0.3) is 0 Å². The van der Waals surface area contributed by atoms with E-state index in [9.17, 15) is 9.59 Å². The van der Waals surface area contributed by atoms with Gasteiger partial charge in [-0.25, -0.2) is 0 Å². The Balaban J connectivity index is 2.19. The van der Waals surface area contributed by atoms with Crippen LogP contribution in [-0.4, -0.2) is 38.5 Å². The number of β-lactam (4-membered cyclic amide) rings is 1. The number of carboxylic acids is 1. The van der Waals surface area contributed by atoms with Crippen molar-refractivity contribution in [2.75, 3.05) is 6.54 Å². The number of hydrogen-bond donors (Lipinski definition) is 1. The van der Waals surface area contributed by atoms with E-state index in [4.69, 9.17) is 6.48 Å². The van der Waals surface area contributed by atoms with Gasteiger partial charge in [-0.05, 0) is 13.8 Å². The van der Waals surface area contributed by atoms with E-state index in [1.807, 2.05) is 13.8 Å². The van der Waals surface area contributed by atoms with Crippen molar-refractivity contribution >= 4 is 23.6 Å². The van der Waals surface area contributed by atoms with Crippen molar-refractivity contribution in [2.45, 2.75) is 30.4 Å². The summed E-state index contributed by atoms with van der Waals surface area (Å²) in [6, 6.07) is 0. The quantitative estimate of drug-likeness (QED) is 0.658. The molecule has 2 fully saturated rings. The lowest BCUT2D eigenvalue weighted by molar-refractivity contribution is -0.150. The number of nitrogens with zero attached hydrogens (tertiary/aromatic N) is 1. The Hall–Kier alpha value is -0.710. The predicted octanol–water partition coefficient (Wildman–Crippen LogP) is 0.771. The second-order valence-electron chi connectivity index (χ2n) is 4.16. The van der Waals surface area contributed by atoms with Crippen LogP contribution in [0.5, 0.6) is 0 Å². The van der Waals surface area contributed by atoms with E-state index in [-0.39, 0.29) is 17.8 Å². The minimum Gasteiger partial charge on any atom is -0.481 e. The van der Waals surface area contributed by atoms with Gasteiger partial charge in [-0.1, -0.05) is 0 Å². The molecule has 2 rings (SSSR count). The van der Waals surface area contributed by atoms with E-state index in [2.05, 4.69) is 0 Å². The first-order valence-electron chi connectivity index (χ1n) is 5.05. The maximum absolute atomic E-state index is 11.3. The molecule has 2 heterocycles. The molecule has 2 aliphatic heterocycles. The van der Waals surface area contributed by atoms with Crippen molar-refractivity contribution in [2.24, 2.45) is 5.92 Å². The first kappa shape index (κ1) is 8.59. The highest BCUT2D eigenvalue weighted by Crippen LogP contribution is 2.47. The summed E-state index contributed by atoms with van der Waals surface area (Å²) in [4.78, 5) is 23.8. The summed E-state index contributed by atoms with van der Waals surface area (Å²) in [6.45, 7) is 3.97. The fourth-order valence-electron chi connectivity index (χ4n) is 1.83. The molecule has 0 bridgehead atoms. The minimum absolute atomic E-state index is 0.150. The number of hydrogen-bond acceptors (Lipinski definition) is 3. The average Bonchev–Trinajstić information content (AvgIpc) is 2.14. The molecule has 0 aromatic carbocycles. The second-order valence-corrected chi connectivity index (χ2v) is 5.93. The number of thioether (sulfide) groups is 1. The lowest BCUT2D eigenvalue weighted by atomic mass is 9.92. The Labute approximate surface area is 88.1 Å². The standard InChI is InChI=1S/C9H13NO3S/c1-9(2)5(8(12)13)4-10-6(11)3-7(10)14-9/h5,7H,3-4H2,1-2H3,(H,12,13)/t5-,7+/m0/s1/i3D/t3-,5+,7-/m1. The van der Waals surface area contributed by atoms with Crippen LogP contribution in [0.4, 0.5) is 0 Å². The van der Waals surface area contributed by atoms with Crippen molar-refractivity contribution in [3.8, 4) is 0 Å². The Morgan fingerprint density at radius 3 is 3.00 bits per heavy atom. The molecule has 78 valence electrons. The lowest BCUT2D eigenvalue weighted by Crippen LogP contribution is -2.61. The van der Waals surface area contributed by atoms with Crippen LogP contribution in [0.15, 0.2) is 0 Å². The van der Waals surface area contributed by atoms with Crippen molar-refractivity contribution in [3.63, 3.8) is 0 Å². The molecule has 5 heteroatoms. The summed E-state index contributed by atoms with van der Waals surface area (Å²) in [5.74, 6) is -1.66. The third-order valence-electron chi connectivity index (χ3n) is 2.82. The van der Waals surface area contributed by atoms with Crippen LogP contribution in [0.3, 0.4) is 0 Å². The highest BCUT2D eigenvalue weighted by atomic mass is 32.2. The Morgan fingerprint density at radius 1 is 1.79 bits per heavy atom. The van der Waals surface area contributed by atoms with Crippen LogP contribution in [0.2, 0.25) is 0 Å². The number of fused-ring (bicyclic) bond motifs is 1. The molecule has 0 radical (unpaired) electrons. The molecule has 0 aromatic rings. The average molecular weight is 216 g/mol. The number of carbonyl (C=O) groups is 2. The number of rotatable bonds is 1. The van der Waals surface area contributed by atoms with Crippen LogP contribution < -0.4 is 0 Å². The van der Waals surface area contributed by atoms with E-state index in [0.29, 0.717) is 0 Å². The fraction of sp³-hybridized carbons (Fsp3) is 0.778. The molecule has 14 heavy (non-hydrogen) atoms. The summed E-state index contributed by atoms with van der Waals surface area (Å²) in [5, 5.41) is 8.91. The zero-order chi connectivity index (χ0) is 11.4. The summed E-state index contributed by atoms with van der Waals surface area (Å²) in [6.07, 6.45) is -0.705. The van der Waals surface area contributed by atoms with Crippen LogP contribution >= 0.6 is 11.8 Å². The topological polar surface area (TPSA) is 57.6 Å².